The minimum atomic E-state index is -1.39. The van der Waals surface area contributed by atoms with E-state index < -0.39 is 25.4 Å². The first-order valence-electron chi connectivity index (χ1n) is 40.4. The first-order valence-corrected chi connectivity index (χ1v) is 45.8. The minimum Gasteiger partial charge on any atom is -0.423 e. The van der Waals surface area contributed by atoms with E-state index in [1.807, 2.05) is 133 Å². The third-order valence-electron chi connectivity index (χ3n) is 22.3. The van der Waals surface area contributed by atoms with E-state index >= 15 is 0 Å². The van der Waals surface area contributed by atoms with E-state index in [0.29, 0.717) is 10.9 Å². The molecule has 10 aromatic rings. The lowest BCUT2D eigenvalue weighted by molar-refractivity contribution is -0.107. The van der Waals surface area contributed by atoms with Gasteiger partial charge in [-0.25, -0.2) is 0 Å². The van der Waals surface area contributed by atoms with Gasteiger partial charge < -0.3 is 67.5 Å². The second-order valence-corrected chi connectivity index (χ2v) is 39.9. The topological polar surface area (TPSA) is 195 Å². The van der Waals surface area contributed by atoms with Crippen molar-refractivity contribution in [3.63, 3.8) is 0 Å². The molecule has 14 nitrogen and oxygen atoms in total. The molecule has 0 aliphatic carbocycles. The predicted molar refractivity (Wildman–Crippen MR) is 570 cm³/mol. The Kier molecular flexibility index (Phi) is 52.5. The molecule has 4 aliphatic rings. The van der Waals surface area contributed by atoms with Crippen molar-refractivity contribution >= 4 is 165 Å². The van der Waals surface area contributed by atoms with Crippen LogP contribution in [0.2, 0.25) is 0 Å². The number of hydrogen-bond donors (Lipinski definition) is 9. The van der Waals surface area contributed by atoms with Crippen LogP contribution in [-0.2, 0) is 59.8 Å². The van der Waals surface area contributed by atoms with E-state index in [1.165, 1.54) is 32.0 Å². The zero-order valence-electron chi connectivity index (χ0n) is 73.6. The van der Waals surface area contributed by atoms with Crippen LogP contribution in [0.15, 0.2) is 296 Å². The lowest BCUT2D eigenvalue weighted by Gasteiger charge is -2.32. The van der Waals surface area contributed by atoms with E-state index in [-0.39, 0.29) is 125 Å². The van der Waals surface area contributed by atoms with Crippen molar-refractivity contribution in [2.75, 3.05) is 0 Å². The maximum absolute atomic E-state index is 9.10. The van der Waals surface area contributed by atoms with Gasteiger partial charge in [-0.05, 0) is 266 Å². The fourth-order valence-corrected chi connectivity index (χ4v) is 14.2. The Morgan fingerprint density at radius 1 is 0.273 bits per heavy atom. The Hall–Kier alpha value is -5.39. The van der Waals surface area contributed by atoms with Crippen molar-refractivity contribution < 1.29 is 67.5 Å². The zero-order valence-corrected chi connectivity index (χ0v) is 80.3. The van der Waals surface area contributed by atoms with Gasteiger partial charge in [0.15, 0.2) is 0 Å². The van der Waals surface area contributed by atoms with Crippen LogP contribution in [0.4, 0.5) is 0 Å². The van der Waals surface area contributed by atoms with Crippen molar-refractivity contribution in [1.82, 2.24) is 0 Å². The number of benzene rings is 10. The zero-order chi connectivity index (χ0) is 89.4. The number of thioether (sulfide) groups is 3. The van der Waals surface area contributed by atoms with Crippen LogP contribution in [0.1, 0.15) is 213 Å². The summed E-state index contributed by atoms with van der Waals surface area (Å²) in [4.78, 5) is 6.34. The van der Waals surface area contributed by atoms with Gasteiger partial charge in [-0.15, -0.1) is 73.2 Å². The highest BCUT2D eigenvalue weighted by Crippen LogP contribution is 2.41. The van der Waals surface area contributed by atoms with Crippen LogP contribution in [0.5, 0.6) is 0 Å². The van der Waals surface area contributed by atoms with Gasteiger partial charge in [-0.2, -0.15) is 0 Å². The lowest BCUT2D eigenvalue weighted by atomic mass is 9.79. The summed E-state index contributed by atoms with van der Waals surface area (Å²) in [5, 5.41) is 54.4. The standard InChI is InChI=1S/2C19H23BO2S.C13H13BO2S.2C12H17BO2S.C7H7Br.C6H7BO2S.C6H14O2.7CH4/c2*1-18(2)19(3,4)22-20(21-18)16-10-12-17(13-11-16)23-14-15-8-6-5-7-9-15;15-14(16)12-6-8-13(9-7-12)17-10-11-4-2-1-3-5-11;2*1-11(2)12(3,4)15-13(14-11)9-5-7-10(16)8-6-9;8-6-7-4-2-1-3-5-7;8-7(9)5-1-3-6(10)4-2-5;1-5(2,7)6(3,4)8;;;;;;;/h2*5-13H,14H2,1-4H3;1-9,15-16H,10H2;2*5-8,16H,1-4H3;1-5H,6H2;1-4,8-10H;7-8H,1-4H3;7*1H4. The molecule has 0 bridgehead atoms. The number of thiol groups is 3. The van der Waals surface area contributed by atoms with Gasteiger partial charge in [0.1, 0.15) is 0 Å². The molecule has 4 fully saturated rings. The maximum Gasteiger partial charge on any atom is 0.494 e. The van der Waals surface area contributed by atoms with Crippen molar-refractivity contribution in [3.8, 4) is 0 Å². The van der Waals surface area contributed by atoms with Crippen molar-refractivity contribution in [3.05, 3.63) is 289 Å². The molecule has 14 rings (SSSR count). The van der Waals surface area contributed by atoms with Crippen LogP contribution in [0.25, 0.3) is 0 Å². The van der Waals surface area contributed by atoms with Gasteiger partial charge in [-0.3, -0.25) is 0 Å². The molecule has 0 unspecified atom stereocenters. The van der Waals surface area contributed by atoms with Crippen LogP contribution < -0.4 is 32.8 Å². The molecule has 0 atom stereocenters. The average molecular weight is 1920 g/mol. The lowest BCUT2D eigenvalue weighted by Crippen LogP contribution is -2.44. The molecule has 0 amide bonds. The third kappa shape index (κ3) is 38.2. The minimum absolute atomic E-state index is 0. The molecule has 0 spiro atoms. The molecule has 27 heteroatoms. The molecule has 128 heavy (non-hydrogen) atoms. The highest BCUT2D eigenvalue weighted by Gasteiger charge is 2.55. The van der Waals surface area contributed by atoms with Gasteiger partial charge in [-0.1, -0.05) is 262 Å². The van der Waals surface area contributed by atoms with Crippen molar-refractivity contribution in [2.45, 2.75) is 298 Å². The number of aliphatic hydroxyl groups is 2. The molecular weight excluding hydrogens is 1770 g/mol. The van der Waals surface area contributed by atoms with Gasteiger partial charge in [0, 0.05) is 52.0 Å². The van der Waals surface area contributed by atoms with Crippen LogP contribution >= 0.6 is 89.1 Å². The Morgan fingerprint density at radius 3 is 0.609 bits per heavy atom. The maximum atomic E-state index is 9.10. The molecule has 0 aromatic heterocycles. The summed E-state index contributed by atoms with van der Waals surface area (Å²) >= 11 is 21.3. The number of alkyl halides is 1. The average Bonchev–Trinajstić information content (AvgIpc) is 1.64. The normalized spacial score (nSPS) is 16.0. The molecule has 4 aliphatic heterocycles. The largest absolute Gasteiger partial charge is 0.494 e. The number of halogens is 1. The van der Waals surface area contributed by atoms with Crippen molar-refractivity contribution in [1.29, 1.82) is 0 Å². The number of hydrogen-bond acceptors (Lipinski definition) is 20. The highest BCUT2D eigenvalue weighted by atomic mass is 79.9. The van der Waals surface area contributed by atoms with Gasteiger partial charge in [0.2, 0.25) is 0 Å². The second-order valence-electron chi connectivity index (χ2n) is 34.6. The summed E-state index contributed by atoms with van der Waals surface area (Å²) in [7, 11) is -3.89. The van der Waals surface area contributed by atoms with E-state index in [0.717, 1.165) is 64.0 Å². The Morgan fingerprint density at radius 2 is 0.438 bits per heavy atom. The summed E-state index contributed by atoms with van der Waals surface area (Å²) in [5.41, 5.74) is 6.22. The van der Waals surface area contributed by atoms with Gasteiger partial charge in [0.05, 0.1) is 56.0 Å². The summed E-state index contributed by atoms with van der Waals surface area (Å²) in [6.07, 6.45) is 0. The first-order chi connectivity index (χ1) is 56.5. The van der Waals surface area contributed by atoms with Crippen LogP contribution in [-0.4, -0.2) is 129 Å². The van der Waals surface area contributed by atoms with Crippen LogP contribution in [0.3, 0.4) is 0 Å². The summed E-state index contributed by atoms with van der Waals surface area (Å²) < 4.78 is 48.1. The molecule has 0 radical (unpaired) electrons. The summed E-state index contributed by atoms with van der Waals surface area (Å²) in [5.74, 6) is 2.88. The Labute approximate surface area is 813 Å². The smallest absolute Gasteiger partial charge is 0.423 e. The van der Waals surface area contributed by atoms with Gasteiger partial charge >= 0.3 is 42.7 Å². The van der Waals surface area contributed by atoms with E-state index in [1.54, 1.807) is 75.9 Å². The van der Waals surface area contributed by atoms with Crippen molar-refractivity contribution in [2.24, 2.45) is 0 Å². The Bertz CT molecular complexity index is 4410. The molecule has 4 saturated heterocycles. The monoisotopic (exact) mass is 1920 g/mol. The predicted octanol–water partition coefficient (Wildman–Crippen LogP) is 22.0. The summed E-state index contributed by atoms with van der Waals surface area (Å²) in [6.45, 7) is 39.4. The Balaban J connectivity index is 0.00000146. The molecule has 6 N–H and O–H groups in total. The van der Waals surface area contributed by atoms with Crippen LogP contribution in [0, 0.1) is 0 Å². The van der Waals surface area contributed by atoms with E-state index in [4.69, 9.17) is 67.5 Å². The molecule has 4 heterocycles. The molecular formula is C101H149B6BrO14S6. The molecule has 0 saturated carbocycles. The van der Waals surface area contributed by atoms with E-state index in [2.05, 4.69) is 286 Å². The van der Waals surface area contributed by atoms with E-state index in [9.17, 15) is 0 Å². The second kappa shape index (κ2) is 54.8. The SMILES string of the molecule is BrCc1ccccc1.C.C.C.C.C.C.C.CC(C)(O)C(C)(C)O.CC1(C)OB(c2ccc(S)cc2)OC1(C)C.CC1(C)OB(c2ccc(S)cc2)OC1(C)C.CC1(C)OB(c2ccc(SCc3ccccc3)cc2)OC1(C)C.CC1(C)OB(c2ccc(SCc3ccccc3)cc2)OC1(C)C.OB(O)c1ccc(S)cc1.OB(O)c1ccc(SCc2ccccc2)cc1. The number of rotatable bonds is 17. The summed E-state index contributed by atoms with van der Waals surface area (Å²) in [6, 6.07) is 88.3. The third-order valence-corrected chi connectivity index (χ3v) is 27.0. The quantitative estimate of drug-likeness (QED) is 0.0181. The highest BCUT2D eigenvalue weighted by molar-refractivity contribution is 9.08. The fraction of sp³-hybridized carbons (Fsp3) is 0.406. The first kappa shape index (κ1) is 123. The molecule has 698 valence electrons. The van der Waals surface area contributed by atoms with Gasteiger partial charge in [0.25, 0.3) is 0 Å². The molecule has 10 aromatic carbocycles. The fourth-order valence-electron chi connectivity index (χ4n) is 10.8.